The molecule has 0 atom stereocenters. The number of halogens is 3. The summed E-state index contributed by atoms with van der Waals surface area (Å²) in [6.45, 7) is -0.290. The molecule has 0 aliphatic heterocycles. The normalized spacial score (nSPS) is 9.96. The Morgan fingerprint density at radius 1 is 1.15 bits per heavy atom. The average molecular weight is 461 g/mol. The largest absolute Gasteiger partial charge is 0.483 e. The molecule has 0 unspecified atom stereocenters. The summed E-state index contributed by atoms with van der Waals surface area (Å²) in [7, 11) is 0. The maximum absolute atomic E-state index is 12.8. The number of carbonyl (C=O) groups excluding carboxylic acids is 2. The predicted molar refractivity (Wildman–Crippen MR) is 102 cm³/mol. The molecule has 2 amide bonds. The third-order valence-corrected chi connectivity index (χ3v) is 3.96. The lowest BCUT2D eigenvalue weighted by atomic mass is 10.2. The van der Waals surface area contributed by atoms with Crippen molar-refractivity contribution in [1.82, 2.24) is 16.2 Å². The standard InChI is InChI=1S/C16H12BrClFN3O3S/c17-12-7-10(18)3-6-13(12)25-8-14(23)21-22-16(26)20-15(24)9-1-4-11(19)5-2-9/h1-7H,8H2,(H,21,23)(H2,20,22,24,26). The van der Waals surface area contributed by atoms with Gasteiger partial charge in [0.15, 0.2) is 11.7 Å². The minimum absolute atomic E-state index is 0.125. The second-order valence-electron chi connectivity index (χ2n) is 4.83. The number of ether oxygens (including phenoxy) is 1. The predicted octanol–water partition coefficient (Wildman–Crippen LogP) is 2.96. The van der Waals surface area contributed by atoms with Gasteiger partial charge in [-0.25, -0.2) is 4.39 Å². The molecule has 136 valence electrons. The van der Waals surface area contributed by atoms with Crippen LogP contribution in [0, 0.1) is 5.82 Å². The molecule has 0 aliphatic carbocycles. The molecular weight excluding hydrogens is 449 g/mol. The number of carbonyl (C=O) groups is 2. The number of hydrazine groups is 1. The Labute approximate surface area is 167 Å². The van der Waals surface area contributed by atoms with Gasteiger partial charge in [0.05, 0.1) is 4.47 Å². The molecule has 2 aromatic rings. The van der Waals surface area contributed by atoms with Gasteiger partial charge in [-0.1, -0.05) is 11.6 Å². The number of nitrogens with one attached hydrogen (secondary N) is 3. The maximum atomic E-state index is 12.8. The van der Waals surface area contributed by atoms with Crippen molar-refractivity contribution in [3.63, 3.8) is 0 Å². The summed E-state index contributed by atoms with van der Waals surface area (Å²) in [5.74, 6) is -1.08. The smallest absolute Gasteiger partial charge is 0.276 e. The van der Waals surface area contributed by atoms with Gasteiger partial charge in [-0.15, -0.1) is 0 Å². The molecule has 0 fully saturated rings. The van der Waals surface area contributed by atoms with E-state index >= 15 is 0 Å². The fraction of sp³-hybridized carbons (Fsp3) is 0.0625. The number of thiocarbonyl (C=S) groups is 1. The van der Waals surface area contributed by atoms with E-state index < -0.39 is 17.6 Å². The van der Waals surface area contributed by atoms with Gasteiger partial charge >= 0.3 is 0 Å². The fourth-order valence-electron chi connectivity index (χ4n) is 1.71. The highest BCUT2D eigenvalue weighted by Gasteiger charge is 2.10. The van der Waals surface area contributed by atoms with E-state index in [1.54, 1.807) is 18.2 Å². The first-order valence-electron chi connectivity index (χ1n) is 7.09. The van der Waals surface area contributed by atoms with E-state index in [2.05, 4.69) is 32.1 Å². The van der Waals surface area contributed by atoms with Crippen LogP contribution in [0.5, 0.6) is 5.75 Å². The van der Waals surface area contributed by atoms with Gasteiger partial charge < -0.3 is 4.74 Å². The van der Waals surface area contributed by atoms with Gasteiger partial charge in [0, 0.05) is 10.6 Å². The average Bonchev–Trinajstić information content (AvgIpc) is 2.59. The van der Waals surface area contributed by atoms with Crippen molar-refractivity contribution in [1.29, 1.82) is 0 Å². The van der Waals surface area contributed by atoms with E-state index in [4.69, 9.17) is 28.6 Å². The van der Waals surface area contributed by atoms with E-state index in [0.717, 1.165) is 12.1 Å². The first-order chi connectivity index (χ1) is 12.3. The summed E-state index contributed by atoms with van der Waals surface area (Å²) < 4.78 is 18.8. The van der Waals surface area contributed by atoms with Crippen molar-refractivity contribution in [2.75, 3.05) is 6.61 Å². The molecule has 2 rings (SSSR count). The fourth-order valence-corrected chi connectivity index (χ4v) is 2.65. The molecule has 0 saturated carbocycles. The molecule has 10 heteroatoms. The number of hydrogen-bond donors (Lipinski definition) is 3. The van der Waals surface area contributed by atoms with Crippen LogP contribution in [0.2, 0.25) is 5.02 Å². The van der Waals surface area contributed by atoms with Gasteiger partial charge in [0.2, 0.25) is 0 Å². The van der Waals surface area contributed by atoms with Crippen LogP contribution >= 0.6 is 39.7 Å². The van der Waals surface area contributed by atoms with Crippen molar-refractivity contribution in [3.8, 4) is 5.75 Å². The summed E-state index contributed by atoms with van der Waals surface area (Å²) in [6, 6.07) is 9.79. The molecule has 26 heavy (non-hydrogen) atoms. The number of amides is 2. The zero-order valence-corrected chi connectivity index (χ0v) is 16.2. The molecule has 0 aromatic heterocycles. The second-order valence-corrected chi connectivity index (χ2v) is 6.53. The summed E-state index contributed by atoms with van der Waals surface area (Å²) in [6.07, 6.45) is 0. The molecule has 0 heterocycles. The lowest BCUT2D eigenvalue weighted by molar-refractivity contribution is -0.123. The summed E-state index contributed by atoms with van der Waals surface area (Å²) >= 11 is 14.0. The highest BCUT2D eigenvalue weighted by atomic mass is 79.9. The van der Waals surface area contributed by atoms with E-state index in [1.807, 2.05) is 0 Å². The monoisotopic (exact) mass is 459 g/mol. The Balaban J connectivity index is 1.75. The van der Waals surface area contributed by atoms with Crippen LogP contribution in [0.15, 0.2) is 46.9 Å². The van der Waals surface area contributed by atoms with Crippen molar-refractivity contribution in [2.24, 2.45) is 0 Å². The quantitative estimate of drug-likeness (QED) is 0.483. The lowest BCUT2D eigenvalue weighted by Crippen LogP contribution is -2.49. The zero-order chi connectivity index (χ0) is 19.1. The van der Waals surface area contributed by atoms with Gasteiger partial charge in [-0.3, -0.25) is 25.8 Å². The first-order valence-corrected chi connectivity index (χ1v) is 8.66. The molecule has 0 aliphatic rings. The highest BCUT2D eigenvalue weighted by molar-refractivity contribution is 9.10. The van der Waals surface area contributed by atoms with E-state index in [9.17, 15) is 14.0 Å². The highest BCUT2D eigenvalue weighted by Crippen LogP contribution is 2.27. The summed E-state index contributed by atoms with van der Waals surface area (Å²) in [5.41, 5.74) is 4.87. The molecule has 0 bridgehead atoms. The van der Waals surface area contributed by atoms with Crippen LogP contribution in [0.25, 0.3) is 0 Å². The van der Waals surface area contributed by atoms with E-state index in [-0.39, 0.29) is 17.3 Å². The van der Waals surface area contributed by atoms with Crippen molar-refractivity contribution >= 4 is 56.7 Å². The Morgan fingerprint density at radius 3 is 2.50 bits per heavy atom. The van der Waals surface area contributed by atoms with Gasteiger partial charge in [0.1, 0.15) is 11.6 Å². The molecular formula is C16H12BrClFN3O3S. The molecule has 0 radical (unpaired) electrons. The Bertz CT molecular complexity index is 836. The first kappa shape index (κ1) is 20.1. The van der Waals surface area contributed by atoms with Crippen molar-refractivity contribution in [3.05, 3.63) is 63.3 Å². The Morgan fingerprint density at radius 2 is 1.85 bits per heavy atom. The van der Waals surface area contributed by atoms with Gasteiger partial charge in [0.25, 0.3) is 11.8 Å². The minimum Gasteiger partial charge on any atom is -0.483 e. The van der Waals surface area contributed by atoms with Crippen LogP contribution in [0.1, 0.15) is 10.4 Å². The topological polar surface area (TPSA) is 79.5 Å². The number of hydrogen-bond acceptors (Lipinski definition) is 4. The number of rotatable bonds is 4. The van der Waals surface area contributed by atoms with Crippen molar-refractivity contribution in [2.45, 2.75) is 0 Å². The SMILES string of the molecule is O=C(COc1ccc(Cl)cc1Br)NNC(=S)NC(=O)c1ccc(F)cc1. The van der Waals surface area contributed by atoms with Crippen LogP contribution in [-0.4, -0.2) is 23.5 Å². The third-order valence-electron chi connectivity index (χ3n) is 2.90. The molecule has 6 nitrogen and oxygen atoms in total. The number of benzene rings is 2. The van der Waals surface area contributed by atoms with Crippen molar-refractivity contribution < 1.29 is 18.7 Å². The maximum Gasteiger partial charge on any atom is 0.276 e. The summed E-state index contributed by atoms with van der Waals surface area (Å²) in [5, 5.41) is 2.74. The minimum atomic E-state index is -0.543. The Kier molecular flexibility index (Phi) is 7.31. The molecule has 0 spiro atoms. The van der Waals surface area contributed by atoms with Gasteiger partial charge in [-0.05, 0) is 70.6 Å². The molecule has 0 saturated heterocycles. The third kappa shape index (κ3) is 6.25. The van der Waals surface area contributed by atoms with Crippen LogP contribution in [0.4, 0.5) is 4.39 Å². The van der Waals surface area contributed by atoms with Crippen LogP contribution in [0.3, 0.4) is 0 Å². The zero-order valence-electron chi connectivity index (χ0n) is 13.0. The lowest BCUT2D eigenvalue weighted by Gasteiger charge is -2.12. The van der Waals surface area contributed by atoms with E-state index in [1.165, 1.54) is 12.1 Å². The van der Waals surface area contributed by atoms with Crippen LogP contribution < -0.4 is 20.9 Å². The van der Waals surface area contributed by atoms with Crippen LogP contribution in [-0.2, 0) is 4.79 Å². The van der Waals surface area contributed by atoms with E-state index in [0.29, 0.717) is 15.2 Å². The molecule has 2 aromatic carbocycles. The Hall–Kier alpha value is -2.23. The van der Waals surface area contributed by atoms with Gasteiger partial charge in [-0.2, -0.15) is 0 Å². The summed E-state index contributed by atoms with van der Waals surface area (Å²) in [4.78, 5) is 23.6. The molecule has 3 N–H and O–H groups in total. The second kappa shape index (κ2) is 9.46.